The van der Waals surface area contributed by atoms with Crippen molar-refractivity contribution < 1.29 is 19.2 Å². The third kappa shape index (κ3) is 6.94. The first-order valence-corrected chi connectivity index (χ1v) is 9.87. The number of carbonyl (C=O) groups is 2. The van der Waals surface area contributed by atoms with Gasteiger partial charge in [-0.05, 0) is 23.8 Å². The fraction of sp³-hybridized carbons (Fsp3) is 0.167. The van der Waals surface area contributed by atoms with Gasteiger partial charge in [-0.3, -0.25) is 19.7 Å². The van der Waals surface area contributed by atoms with Gasteiger partial charge < -0.3 is 10.1 Å². The highest BCUT2D eigenvalue weighted by Crippen LogP contribution is 2.25. The Morgan fingerprint density at radius 1 is 1.21 bits per heavy atom. The first kappa shape index (κ1) is 22.5. The van der Waals surface area contributed by atoms with Gasteiger partial charge in [-0.1, -0.05) is 29.3 Å². The number of carbonyl (C=O) groups excluding carboxylic acids is 2. The van der Waals surface area contributed by atoms with E-state index in [1.165, 1.54) is 17.8 Å². The lowest BCUT2D eigenvalue weighted by atomic mass is 10.1. The van der Waals surface area contributed by atoms with Gasteiger partial charge in [0, 0.05) is 17.9 Å². The minimum absolute atomic E-state index is 0.0223. The Morgan fingerprint density at radius 3 is 2.62 bits per heavy atom. The molecule has 2 aromatic carbocycles. The van der Waals surface area contributed by atoms with E-state index in [1.807, 2.05) is 0 Å². The Kier molecular flexibility index (Phi) is 8.27. The normalized spacial score (nSPS) is 10.1. The van der Waals surface area contributed by atoms with Gasteiger partial charge in [0.05, 0.1) is 32.0 Å². The number of ether oxygens (including phenoxy) is 1. The maximum absolute atomic E-state index is 11.9. The Labute approximate surface area is 179 Å². The van der Waals surface area contributed by atoms with E-state index in [0.717, 1.165) is 17.7 Å². The standard InChI is InChI=1S/C18H13Cl2N3O5S/c19-14-3-1-11(5-15(14)20)9-29-10-18(25)28-8-17(24)22-16-4-2-13(23(26)27)6-12(16)7-21/h1-6H,8-10H2,(H,22,24). The number of nitro benzene ring substituents is 1. The molecule has 1 N–H and O–H groups in total. The quantitative estimate of drug-likeness (QED) is 0.361. The summed E-state index contributed by atoms with van der Waals surface area (Å²) >= 11 is 13.0. The smallest absolute Gasteiger partial charge is 0.316 e. The number of halogens is 2. The van der Waals surface area contributed by atoms with Crippen molar-refractivity contribution in [1.29, 1.82) is 5.26 Å². The molecule has 0 aliphatic carbocycles. The van der Waals surface area contributed by atoms with Crippen LogP contribution in [0.5, 0.6) is 0 Å². The maximum Gasteiger partial charge on any atom is 0.316 e. The van der Waals surface area contributed by atoms with Crippen molar-refractivity contribution in [3.63, 3.8) is 0 Å². The highest BCUT2D eigenvalue weighted by atomic mass is 35.5. The molecule has 1 amide bonds. The number of rotatable bonds is 8. The van der Waals surface area contributed by atoms with Crippen LogP contribution in [0.2, 0.25) is 10.0 Å². The topological polar surface area (TPSA) is 122 Å². The van der Waals surface area contributed by atoms with E-state index in [9.17, 15) is 19.7 Å². The van der Waals surface area contributed by atoms with E-state index in [4.69, 9.17) is 33.2 Å². The summed E-state index contributed by atoms with van der Waals surface area (Å²) < 4.78 is 4.88. The lowest BCUT2D eigenvalue weighted by Gasteiger charge is -2.08. The van der Waals surface area contributed by atoms with Crippen LogP contribution in [-0.4, -0.2) is 29.2 Å². The van der Waals surface area contributed by atoms with Crippen LogP contribution in [0.15, 0.2) is 36.4 Å². The van der Waals surface area contributed by atoms with Crippen molar-refractivity contribution in [3.8, 4) is 6.07 Å². The number of benzene rings is 2. The molecule has 0 aliphatic heterocycles. The molecule has 0 saturated carbocycles. The van der Waals surface area contributed by atoms with Gasteiger partial charge in [-0.2, -0.15) is 5.26 Å². The van der Waals surface area contributed by atoms with Crippen LogP contribution in [-0.2, 0) is 20.1 Å². The van der Waals surface area contributed by atoms with Gasteiger partial charge in [-0.25, -0.2) is 0 Å². The van der Waals surface area contributed by atoms with Crippen LogP contribution in [0.4, 0.5) is 11.4 Å². The van der Waals surface area contributed by atoms with Gasteiger partial charge in [0.25, 0.3) is 11.6 Å². The minimum atomic E-state index is -0.668. The first-order chi connectivity index (χ1) is 13.8. The Hall–Kier alpha value is -2.80. The molecule has 2 aromatic rings. The van der Waals surface area contributed by atoms with Crippen LogP contribution >= 0.6 is 35.0 Å². The predicted molar refractivity (Wildman–Crippen MR) is 110 cm³/mol. The second-order valence-corrected chi connectivity index (χ2v) is 7.35. The highest BCUT2D eigenvalue weighted by molar-refractivity contribution is 7.99. The number of esters is 1. The zero-order valence-electron chi connectivity index (χ0n) is 14.7. The fourth-order valence-corrected chi connectivity index (χ4v) is 3.19. The van der Waals surface area contributed by atoms with Gasteiger partial charge in [0.2, 0.25) is 0 Å². The van der Waals surface area contributed by atoms with Gasteiger partial charge in [0.15, 0.2) is 6.61 Å². The molecule has 0 aliphatic rings. The Bertz CT molecular complexity index is 994. The first-order valence-electron chi connectivity index (χ1n) is 7.96. The van der Waals surface area contributed by atoms with Crippen LogP contribution < -0.4 is 5.32 Å². The van der Waals surface area contributed by atoms with Gasteiger partial charge >= 0.3 is 5.97 Å². The summed E-state index contributed by atoms with van der Waals surface area (Å²) in [5.41, 5.74) is 0.631. The second kappa shape index (κ2) is 10.7. The monoisotopic (exact) mass is 453 g/mol. The summed E-state index contributed by atoms with van der Waals surface area (Å²) in [4.78, 5) is 33.7. The molecule has 0 unspecified atom stereocenters. The van der Waals surface area contributed by atoms with E-state index >= 15 is 0 Å². The molecular formula is C18H13Cl2N3O5S. The molecule has 0 saturated heterocycles. The zero-order chi connectivity index (χ0) is 21.4. The lowest BCUT2D eigenvalue weighted by molar-refractivity contribution is -0.384. The molecule has 0 fully saturated rings. The molecule has 11 heteroatoms. The average Bonchev–Trinajstić information content (AvgIpc) is 2.69. The Morgan fingerprint density at radius 2 is 1.97 bits per heavy atom. The van der Waals surface area contributed by atoms with Crippen LogP contribution in [0.1, 0.15) is 11.1 Å². The number of nitro groups is 1. The summed E-state index contributed by atoms with van der Waals surface area (Å²) in [6.45, 7) is -0.548. The lowest BCUT2D eigenvalue weighted by Crippen LogP contribution is -2.22. The van der Waals surface area contributed by atoms with E-state index < -0.39 is 23.4 Å². The van der Waals surface area contributed by atoms with Crippen LogP contribution in [0.3, 0.4) is 0 Å². The predicted octanol–water partition coefficient (Wildman–Crippen LogP) is 4.19. The number of nitrogens with zero attached hydrogens (tertiary/aromatic N) is 2. The van der Waals surface area contributed by atoms with Gasteiger partial charge in [-0.15, -0.1) is 11.8 Å². The SMILES string of the molecule is N#Cc1cc([N+](=O)[O-])ccc1NC(=O)COC(=O)CSCc1ccc(Cl)c(Cl)c1. The third-order valence-electron chi connectivity index (χ3n) is 3.45. The van der Waals surface area contributed by atoms with E-state index in [1.54, 1.807) is 24.3 Å². The molecule has 0 spiro atoms. The molecule has 0 aromatic heterocycles. The number of nitriles is 1. The number of anilines is 1. The molecule has 8 nitrogen and oxygen atoms in total. The largest absolute Gasteiger partial charge is 0.455 e. The Balaban J connectivity index is 1.78. The van der Waals surface area contributed by atoms with Crippen molar-refractivity contribution >= 4 is 58.2 Å². The molecule has 0 radical (unpaired) electrons. The molecule has 0 atom stereocenters. The summed E-state index contributed by atoms with van der Waals surface area (Å²) in [5.74, 6) is -0.728. The summed E-state index contributed by atoms with van der Waals surface area (Å²) in [6, 6.07) is 10.4. The van der Waals surface area contributed by atoms with E-state index in [-0.39, 0.29) is 22.7 Å². The molecular weight excluding hydrogens is 441 g/mol. The summed E-state index contributed by atoms with van der Waals surface area (Å²) in [6.07, 6.45) is 0. The van der Waals surface area contributed by atoms with Crippen molar-refractivity contribution in [2.45, 2.75) is 5.75 Å². The van der Waals surface area contributed by atoms with Crippen molar-refractivity contribution in [2.24, 2.45) is 0 Å². The zero-order valence-corrected chi connectivity index (χ0v) is 17.0. The van der Waals surface area contributed by atoms with Crippen molar-refractivity contribution in [3.05, 3.63) is 67.7 Å². The number of amides is 1. The molecule has 29 heavy (non-hydrogen) atoms. The van der Waals surface area contributed by atoms with E-state index in [2.05, 4.69) is 5.32 Å². The maximum atomic E-state index is 11.9. The molecule has 0 bridgehead atoms. The van der Waals surface area contributed by atoms with Crippen molar-refractivity contribution in [2.75, 3.05) is 17.7 Å². The second-order valence-electron chi connectivity index (χ2n) is 5.55. The number of thioether (sulfide) groups is 1. The number of hydrogen-bond donors (Lipinski definition) is 1. The highest BCUT2D eigenvalue weighted by Gasteiger charge is 2.14. The number of hydrogen-bond acceptors (Lipinski definition) is 7. The van der Waals surface area contributed by atoms with Crippen molar-refractivity contribution in [1.82, 2.24) is 0 Å². The van der Waals surface area contributed by atoms with E-state index in [0.29, 0.717) is 15.8 Å². The molecule has 0 heterocycles. The van der Waals surface area contributed by atoms with Gasteiger partial charge in [0.1, 0.15) is 6.07 Å². The average molecular weight is 454 g/mol. The summed E-state index contributed by atoms with van der Waals surface area (Å²) in [5, 5.41) is 23.0. The third-order valence-corrected chi connectivity index (χ3v) is 5.16. The molecule has 2 rings (SSSR count). The summed E-state index contributed by atoms with van der Waals surface area (Å²) in [7, 11) is 0. The molecule has 150 valence electrons. The van der Waals surface area contributed by atoms with Crippen LogP contribution in [0, 0.1) is 21.4 Å². The van der Waals surface area contributed by atoms with Crippen LogP contribution in [0.25, 0.3) is 0 Å². The number of non-ortho nitro benzene ring substituents is 1. The number of nitrogens with one attached hydrogen (secondary N) is 1. The fourth-order valence-electron chi connectivity index (χ4n) is 2.10. The minimum Gasteiger partial charge on any atom is -0.455 e.